The molecule has 0 saturated carbocycles. The van der Waals surface area contributed by atoms with E-state index in [9.17, 15) is 13.2 Å². The van der Waals surface area contributed by atoms with Gasteiger partial charge in [0.25, 0.3) is 21.4 Å². The Labute approximate surface area is 208 Å². The number of nitrogens with zero attached hydrogens (tertiary/aromatic N) is 5. The van der Waals surface area contributed by atoms with E-state index >= 15 is 0 Å². The maximum absolute atomic E-state index is 13.2. The third-order valence-electron chi connectivity index (χ3n) is 5.44. The zero-order valence-electron chi connectivity index (χ0n) is 20.3. The highest BCUT2D eigenvalue weighted by Gasteiger charge is 2.21. The molecule has 0 fully saturated rings. The lowest BCUT2D eigenvalue weighted by Crippen LogP contribution is -2.17. The summed E-state index contributed by atoms with van der Waals surface area (Å²) < 4.78 is 36.1. The number of H-pyrrole nitrogens is 1. The van der Waals surface area contributed by atoms with Crippen molar-refractivity contribution >= 4 is 27.0 Å². The second-order valence-corrected chi connectivity index (χ2v) is 9.78. The van der Waals surface area contributed by atoms with Crippen LogP contribution in [0.4, 0.5) is 11.5 Å². The number of sulfonamides is 1. The lowest BCUT2D eigenvalue weighted by atomic mass is 10.2. The highest BCUT2D eigenvalue weighted by atomic mass is 32.2. The Kier molecular flexibility index (Phi) is 6.76. The molecule has 0 unspecified atom stereocenters. The number of aryl methyl sites for hydroxylation is 3. The fraction of sp³-hybridized carbons (Fsp3) is 0.292. The molecule has 3 aromatic heterocycles. The van der Waals surface area contributed by atoms with Gasteiger partial charge in [-0.15, -0.1) is 10.1 Å². The Balaban J connectivity index is 1.83. The number of anilines is 1. The molecular formula is C24H25N7O4S. The Bertz CT molecular complexity index is 1670. The summed E-state index contributed by atoms with van der Waals surface area (Å²) in [5.41, 5.74) is 1.61. The fourth-order valence-electron chi connectivity index (χ4n) is 3.84. The molecule has 11 nitrogen and oxygen atoms in total. The van der Waals surface area contributed by atoms with Gasteiger partial charge in [-0.25, -0.2) is 17.9 Å². The molecule has 0 spiro atoms. The lowest BCUT2D eigenvalue weighted by Gasteiger charge is -2.13. The molecule has 0 bridgehead atoms. The van der Waals surface area contributed by atoms with Gasteiger partial charge in [0.1, 0.15) is 17.8 Å². The minimum absolute atomic E-state index is 0.0637. The van der Waals surface area contributed by atoms with Gasteiger partial charge in [0.2, 0.25) is 0 Å². The van der Waals surface area contributed by atoms with E-state index in [4.69, 9.17) is 11.3 Å². The van der Waals surface area contributed by atoms with Gasteiger partial charge in [-0.2, -0.15) is 0 Å². The number of rotatable bonds is 8. The number of nitrogens with one attached hydrogen (secondary N) is 2. The molecule has 0 aliphatic heterocycles. The molecule has 4 aromatic rings. The average molecular weight is 508 g/mol. The van der Waals surface area contributed by atoms with Crippen LogP contribution in [0.3, 0.4) is 0 Å². The standard InChI is InChI=1S/C24H25N7O4S/c1-6-8-20-27-15(4)21-24(32)28-23(29-31(20)21)18-12-17(9-10-19(18)35-7-2)36(33,34)30-16-11-14(3)22(25-5)26-13-16/h9-13,30H,6-8H2,1-4H3,(H,28,29,32). The number of ether oxygens (including phenoxy) is 1. The average Bonchev–Trinajstić information content (AvgIpc) is 3.15. The van der Waals surface area contributed by atoms with E-state index in [-0.39, 0.29) is 27.8 Å². The summed E-state index contributed by atoms with van der Waals surface area (Å²) in [6, 6.07) is 5.87. The topological polar surface area (TPSA) is 136 Å². The van der Waals surface area contributed by atoms with Crippen molar-refractivity contribution in [1.82, 2.24) is 24.6 Å². The van der Waals surface area contributed by atoms with Gasteiger partial charge in [-0.1, -0.05) is 13.5 Å². The second kappa shape index (κ2) is 9.79. The summed E-state index contributed by atoms with van der Waals surface area (Å²) in [5.74, 6) is 1.36. The summed E-state index contributed by atoms with van der Waals surface area (Å²) in [4.78, 5) is 27.4. The molecule has 0 aliphatic rings. The van der Waals surface area contributed by atoms with Crippen LogP contribution in [-0.4, -0.2) is 39.6 Å². The molecule has 0 radical (unpaired) electrons. The summed E-state index contributed by atoms with van der Waals surface area (Å²) in [5, 5.41) is 4.59. The van der Waals surface area contributed by atoms with Gasteiger partial charge >= 0.3 is 0 Å². The van der Waals surface area contributed by atoms with Crippen LogP contribution in [0.15, 0.2) is 40.2 Å². The zero-order chi connectivity index (χ0) is 26.0. The Morgan fingerprint density at radius 3 is 2.67 bits per heavy atom. The maximum Gasteiger partial charge on any atom is 0.277 e. The molecule has 1 aromatic carbocycles. The zero-order valence-corrected chi connectivity index (χ0v) is 21.1. The molecule has 3 heterocycles. The van der Waals surface area contributed by atoms with Gasteiger partial charge < -0.3 is 14.6 Å². The smallest absolute Gasteiger partial charge is 0.277 e. The van der Waals surface area contributed by atoms with Crippen LogP contribution in [0, 0.1) is 20.4 Å². The SMILES string of the molecule is [C-]#[N+]c1ncc(NS(=O)(=O)c2ccc(OCC)c(-c3nn4c(CCC)nc(C)c4c(=O)[nH]3)c2)cc1C. The summed E-state index contributed by atoms with van der Waals surface area (Å²) in [6.45, 7) is 14.7. The van der Waals surface area contributed by atoms with Gasteiger partial charge in [-0.3, -0.25) is 9.52 Å². The first kappa shape index (κ1) is 24.9. The second-order valence-electron chi connectivity index (χ2n) is 8.10. The van der Waals surface area contributed by atoms with Gasteiger partial charge in [0.05, 0.1) is 28.4 Å². The number of hydrogen-bond acceptors (Lipinski definition) is 7. The molecule has 4 rings (SSSR count). The van der Waals surface area contributed by atoms with E-state index < -0.39 is 10.0 Å². The third-order valence-corrected chi connectivity index (χ3v) is 6.82. The Morgan fingerprint density at radius 2 is 2.00 bits per heavy atom. The molecule has 0 amide bonds. The van der Waals surface area contributed by atoms with E-state index in [1.54, 1.807) is 20.8 Å². The van der Waals surface area contributed by atoms with E-state index in [0.29, 0.717) is 46.9 Å². The molecule has 0 atom stereocenters. The minimum atomic E-state index is -4.04. The van der Waals surface area contributed by atoms with Crippen molar-refractivity contribution in [2.45, 2.75) is 45.4 Å². The van der Waals surface area contributed by atoms with Crippen LogP contribution in [0.1, 0.15) is 37.4 Å². The predicted molar refractivity (Wildman–Crippen MR) is 135 cm³/mol. The molecular weight excluding hydrogens is 482 g/mol. The van der Waals surface area contributed by atoms with Gasteiger partial charge in [0, 0.05) is 6.42 Å². The number of pyridine rings is 1. The van der Waals surface area contributed by atoms with Gasteiger partial charge in [0.15, 0.2) is 11.3 Å². The summed E-state index contributed by atoms with van der Waals surface area (Å²) >= 11 is 0. The normalized spacial score (nSPS) is 11.4. The maximum atomic E-state index is 13.2. The third kappa shape index (κ3) is 4.65. The van der Waals surface area contributed by atoms with Crippen LogP contribution in [-0.2, 0) is 16.4 Å². The highest BCUT2D eigenvalue weighted by Crippen LogP contribution is 2.31. The number of benzene rings is 1. The molecule has 2 N–H and O–H groups in total. The first-order valence-corrected chi connectivity index (χ1v) is 12.8. The fourth-order valence-corrected chi connectivity index (χ4v) is 4.90. The van der Waals surface area contributed by atoms with Crippen LogP contribution in [0.25, 0.3) is 21.7 Å². The van der Waals surface area contributed by atoms with E-state index in [1.165, 1.54) is 35.0 Å². The van der Waals surface area contributed by atoms with Gasteiger partial charge in [-0.05, 0) is 57.0 Å². The first-order valence-electron chi connectivity index (χ1n) is 11.3. The van der Waals surface area contributed by atoms with Crippen LogP contribution >= 0.6 is 0 Å². The van der Waals surface area contributed by atoms with Crippen LogP contribution < -0.4 is 15.0 Å². The highest BCUT2D eigenvalue weighted by molar-refractivity contribution is 7.92. The van der Waals surface area contributed by atoms with Crippen molar-refractivity contribution in [2.24, 2.45) is 0 Å². The first-order chi connectivity index (χ1) is 17.2. The lowest BCUT2D eigenvalue weighted by molar-refractivity contribution is 0.341. The Hall–Kier alpha value is -4.24. The number of hydrogen-bond donors (Lipinski definition) is 2. The van der Waals surface area contributed by atoms with Crippen molar-refractivity contribution in [1.29, 1.82) is 0 Å². The quantitative estimate of drug-likeness (QED) is 0.346. The molecule has 186 valence electrons. The Morgan fingerprint density at radius 1 is 1.22 bits per heavy atom. The van der Waals surface area contributed by atoms with Crippen molar-refractivity contribution in [3.8, 4) is 17.1 Å². The van der Waals surface area contributed by atoms with Crippen molar-refractivity contribution in [3.63, 3.8) is 0 Å². The molecule has 0 saturated heterocycles. The number of imidazole rings is 1. The van der Waals surface area contributed by atoms with E-state index in [1.807, 2.05) is 6.92 Å². The van der Waals surface area contributed by atoms with Crippen LogP contribution in [0.5, 0.6) is 5.75 Å². The van der Waals surface area contributed by atoms with Crippen molar-refractivity contribution in [2.75, 3.05) is 11.3 Å². The molecule has 12 heteroatoms. The minimum Gasteiger partial charge on any atom is -0.493 e. The van der Waals surface area contributed by atoms with Crippen molar-refractivity contribution < 1.29 is 13.2 Å². The van der Waals surface area contributed by atoms with E-state index in [2.05, 4.69) is 29.6 Å². The predicted octanol–water partition coefficient (Wildman–Crippen LogP) is 3.80. The number of fused-ring (bicyclic) bond motifs is 1. The summed E-state index contributed by atoms with van der Waals surface area (Å²) in [6.07, 6.45) is 2.73. The van der Waals surface area contributed by atoms with Crippen molar-refractivity contribution in [3.05, 3.63) is 69.3 Å². The van der Waals surface area contributed by atoms with Crippen LogP contribution in [0.2, 0.25) is 0 Å². The number of aromatic nitrogens is 5. The number of aromatic amines is 1. The monoisotopic (exact) mass is 507 g/mol. The van der Waals surface area contributed by atoms with E-state index in [0.717, 1.165) is 6.42 Å². The summed E-state index contributed by atoms with van der Waals surface area (Å²) in [7, 11) is -4.04. The molecule has 0 aliphatic carbocycles. The largest absolute Gasteiger partial charge is 0.493 e. The molecule has 36 heavy (non-hydrogen) atoms.